The average Bonchev–Trinajstić information content (AvgIpc) is 2.92. The fourth-order valence-electron chi connectivity index (χ4n) is 1.40. The number of phenols is 1. The Morgan fingerprint density at radius 2 is 2.25 bits per heavy atom. The van der Waals surface area contributed by atoms with E-state index in [0.29, 0.717) is 0 Å². The molecule has 2 aromatic rings. The number of hydrazone groups is 1. The molecule has 2 rings (SSSR count). The van der Waals surface area contributed by atoms with E-state index in [1.54, 1.807) is 0 Å². The Balaban J connectivity index is 2.12. The number of nitrogens with zero attached hydrogens (tertiary/aromatic N) is 2. The van der Waals surface area contributed by atoms with E-state index < -0.39 is 10.8 Å². The molecular weight excluding hydrogens is 282 g/mol. The number of nitrogens with one attached hydrogen (secondary N) is 1. The number of carbonyl (C=O) groups excluding carboxylic acids is 1. The van der Waals surface area contributed by atoms with Crippen LogP contribution in [0.4, 0.5) is 5.69 Å². The van der Waals surface area contributed by atoms with Crippen LogP contribution in [-0.2, 0) is 0 Å². The minimum absolute atomic E-state index is 0.206. The van der Waals surface area contributed by atoms with E-state index in [-0.39, 0.29) is 17.0 Å². The molecule has 0 saturated heterocycles. The standard InChI is InChI=1S/C12H9N3O4S/c16-11-4-3-8(15(18)19)6-10(11)12(17)14-13-7-9-2-1-5-20-9/h1-7,16H,(H,14,17). The second-order valence-corrected chi connectivity index (χ2v) is 4.65. The third-order valence-corrected chi connectivity index (χ3v) is 3.14. The molecule has 2 N–H and O–H groups in total. The SMILES string of the molecule is O=C(NN=Cc1cccs1)c1cc([N+](=O)[O-])ccc1O. The molecule has 0 radical (unpaired) electrons. The normalized spacial score (nSPS) is 10.6. The van der Waals surface area contributed by atoms with Crippen LogP contribution in [0.3, 0.4) is 0 Å². The predicted molar refractivity (Wildman–Crippen MR) is 74.1 cm³/mol. The van der Waals surface area contributed by atoms with Gasteiger partial charge in [-0.3, -0.25) is 14.9 Å². The summed E-state index contributed by atoms with van der Waals surface area (Å²) in [6.45, 7) is 0. The number of rotatable bonds is 4. The zero-order valence-corrected chi connectivity index (χ0v) is 10.8. The molecule has 0 aliphatic rings. The van der Waals surface area contributed by atoms with Gasteiger partial charge in [-0.2, -0.15) is 5.10 Å². The summed E-state index contributed by atoms with van der Waals surface area (Å²) in [5.74, 6) is -1.07. The summed E-state index contributed by atoms with van der Waals surface area (Å²) in [5, 5.41) is 25.7. The largest absolute Gasteiger partial charge is 0.507 e. The van der Waals surface area contributed by atoms with Crippen molar-refractivity contribution < 1.29 is 14.8 Å². The van der Waals surface area contributed by atoms with Gasteiger partial charge in [0.15, 0.2) is 0 Å². The molecule has 20 heavy (non-hydrogen) atoms. The maximum absolute atomic E-state index is 11.8. The lowest BCUT2D eigenvalue weighted by Gasteiger charge is -2.02. The number of hydrogen-bond acceptors (Lipinski definition) is 6. The van der Waals surface area contributed by atoms with E-state index in [1.165, 1.54) is 17.6 Å². The average molecular weight is 291 g/mol. The lowest BCUT2D eigenvalue weighted by Crippen LogP contribution is -2.17. The van der Waals surface area contributed by atoms with Crippen LogP contribution in [-0.4, -0.2) is 22.2 Å². The Bertz CT molecular complexity index is 667. The van der Waals surface area contributed by atoms with E-state index in [2.05, 4.69) is 10.5 Å². The molecule has 0 unspecified atom stereocenters. The van der Waals surface area contributed by atoms with Crippen LogP contribution in [0.1, 0.15) is 15.2 Å². The third-order valence-electron chi connectivity index (χ3n) is 2.34. The number of hydrogen-bond donors (Lipinski definition) is 2. The zero-order valence-electron chi connectivity index (χ0n) is 10.0. The smallest absolute Gasteiger partial charge is 0.275 e. The van der Waals surface area contributed by atoms with Crippen molar-refractivity contribution >= 4 is 29.1 Å². The predicted octanol–water partition coefficient (Wildman–Crippen LogP) is 2.13. The Kier molecular flexibility index (Phi) is 4.06. The van der Waals surface area contributed by atoms with E-state index >= 15 is 0 Å². The van der Waals surface area contributed by atoms with Gasteiger partial charge >= 0.3 is 0 Å². The Morgan fingerprint density at radius 3 is 2.90 bits per heavy atom. The molecule has 1 aromatic carbocycles. The van der Waals surface area contributed by atoms with Crippen molar-refractivity contribution in [2.45, 2.75) is 0 Å². The van der Waals surface area contributed by atoms with Crippen LogP contribution in [0, 0.1) is 10.1 Å². The highest BCUT2D eigenvalue weighted by Gasteiger charge is 2.15. The molecule has 0 aliphatic heterocycles. The molecule has 8 heteroatoms. The molecule has 7 nitrogen and oxygen atoms in total. The summed E-state index contributed by atoms with van der Waals surface area (Å²) in [5.41, 5.74) is 1.71. The van der Waals surface area contributed by atoms with Crippen LogP contribution in [0.15, 0.2) is 40.8 Å². The zero-order chi connectivity index (χ0) is 14.5. The van der Waals surface area contributed by atoms with Crippen molar-refractivity contribution in [2.24, 2.45) is 5.10 Å². The fraction of sp³-hybridized carbons (Fsp3) is 0. The highest BCUT2D eigenvalue weighted by Crippen LogP contribution is 2.22. The van der Waals surface area contributed by atoms with Crippen molar-refractivity contribution in [3.8, 4) is 5.75 Å². The number of nitro groups is 1. The van der Waals surface area contributed by atoms with Crippen LogP contribution < -0.4 is 5.43 Å². The first-order chi connectivity index (χ1) is 9.58. The summed E-state index contributed by atoms with van der Waals surface area (Å²) < 4.78 is 0. The molecule has 102 valence electrons. The maximum Gasteiger partial charge on any atom is 0.275 e. The summed E-state index contributed by atoms with van der Waals surface area (Å²) >= 11 is 1.44. The van der Waals surface area contributed by atoms with Gasteiger partial charge in [0.25, 0.3) is 11.6 Å². The van der Waals surface area contributed by atoms with Crippen LogP contribution in [0.25, 0.3) is 0 Å². The Morgan fingerprint density at radius 1 is 1.45 bits per heavy atom. The number of non-ortho nitro benzene ring substituents is 1. The van der Waals surface area contributed by atoms with E-state index in [1.807, 2.05) is 17.5 Å². The number of thiophene rings is 1. The van der Waals surface area contributed by atoms with Crippen molar-refractivity contribution in [1.82, 2.24) is 5.43 Å². The number of benzene rings is 1. The molecule has 1 amide bonds. The fourth-order valence-corrected chi connectivity index (χ4v) is 1.98. The van der Waals surface area contributed by atoms with Gasteiger partial charge in [-0.05, 0) is 17.5 Å². The lowest BCUT2D eigenvalue weighted by atomic mass is 10.1. The molecule has 0 atom stereocenters. The number of phenolic OH excluding ortho intramolecular Hbond substituents is 1. The van der Waals surface area contributed by atoms with Gasteiger partial charge in [-0.1, -0.05) is 6.07 Å². The molecule has 1 aromatic heterocycles. The summed E-state index contributed by atoms with van der Waals surface area (Å²) in [4.78, 5) is 22.6. The maximum atomic E-state index is 11.8. The molecule has 0 bridgehead atoms. The van der Waals surface area contributed by atoms with Crippen molar-refractivity contribution in [2.75, 3.05) is 0 Å². The first-order valence-electron chi connectivity index (χ1n) is 5.42. The summed E-state index contributed by atoms with van der Waals surface area (Å²) in [6, 6.07) is 6.84. The topological polar surface area (TPSA) is 105 Å². The van der Waals surface area contributed by atoms with Crippen molar-refractivity contribution in [1.29, 1.82) is 0 Å². The lowest BCUT2D eigenvalue weighted by molar-refractivity contribution is -0.384. The van der Waals surface area contributed by atoms with E-state index in [4.69, 9.17) is 0 Å². The van der Waals surface area contributed by atoms with Gasteiger partial charge in [0.1, 0.15) is 5.75 Å². The highest BCUT2D eigenvalue weighted by molar-refractivity contribution is 7.11. The molecule has 0 aliphatic carbocycles. The van der Waals surface area contributed by atoms with Gasteiger partial charge in [0, 0.05) is 17.0 Å². The first-order valence-corrected chi connectivity index (χ1v) is 6.30. The first kappa shape index (κ1) is 13.7. The van der Waals surface area contributed by atoms with Crippen molar-refractivity contribution in [3.63, 3.8) is 0 Å². The Labute approximate surface area is 117 Å². The van der Waals surface area contributed by atoms with Crippen LogP contribution >= 0.6 is 11.3 Å². The molecule has 0 saturated carbocycles. The van der Waals surface area contributed by atoms with E-state index in [0.717, 1.165) is 23.1 Å². The molecule has 0 fully saturated rings. The number of carbonyl (C=O) groups is 1. The van der Waals surface area contributed by atoms with Gasteiger partial charge in [-0.15, -0.1) is 11.3 Å². The second-order valence-electron chi connectivity index (χ2n) is 3.67. The monoisotopic (exact) mass is 291 g/mol. The molecular formula is C12H9N3O4S. The van der Waals surface area contributed by atoms with Gasteiger partial charge in [0.2, 0.25) is 0 Å². The van der Waals surface area contributed by atoms with Crippen molar-refractivity contribution in [3.05, 3.63) is 56.3 Å². The minimum atomic E-state index is -0.723. The number of nitro benzene ring substituents is 1. The van der Waals surface area contributed by atoms with E-state index in [9.17, 15) is 20.0 Å². The van der Waals surface area contributed by atoms with Crippen LogP contribution in [0.5, 0.6) is 5.75 Å². The van der Waals surface area contributed by atoms with Gasteiger partial charge < -0.3 is 5.11 Å². The second kappa shape index (κ2) is 5.93. The number of amides is 1. The minimum Gasteiger partial charge on any atom is -0.507 e. The summed E-state index contributed by atoms with van der Waals surface area (Å²) in [7, 11) is 0. The summed E-state index contributed by atoms with van der Waals surface area (Å²) in [6.07, 6.45) is 1.44. The van der Waals surface area contributed by atoms with Gasteiger partial charge in [-0.25, -0.2) is 5.43 Å². The van der Waals surface area contributed by atoms with Gasteiger partial charge in [0.05, 0.1) is 16.7 Å². The third kappa shape index (κ3) is 3.18. The highest BCUT2D eigenvalue weighted by atomic mass is 32.1. The molecule has 1 heterocycles. The number of aromatic hydroxyl groups is 1. The Hall–Kier alpha value is -2.74. The molecule has 0 spiro atoms. The van der Waals surface area contributed by atoms with Crippen LogP contribution in [0.2, 0.25) is 0 Å². The quantitative estimate of drug-likeness (QED) is 0.511.